The van der Waals surface area contributed by atoms with Crippen LogP contribution in [0, 0.1) is 0 Å². The van der Waals surface area contributed by atoms with Crippen LogP contribution in [0.15, 0.2) is 81.4 Å². The number of para-hydroxylation sites is 1. The van der Waals surface area contributed by atoms with E-state index >= 15 is 0 Å². The molecule has 1 aliphatic rings. The number of hydrogen-bond acceptors (Lipinski definition) is 5. The van der Waals surface area contributed by atoms with Crippen LogP contribution >= 0.6 is 0 Å². The van der Waals surface area contributed by atoms with Crippen molar-refractivity contribution in [2.45, 2.75) is 19.0 Å². The van der Waals surface area contributed by atoms with Gasteiger partial charge in [-0.2, -0.15) is 5.10 Å². The van der Waals surface area contributed by atoms with Gasteiger partial charge in [-0.3, -0.25) is 4.79 Å². The average molecular weight is 360 g/mol. The zero-order valence-corrected chi connectivity index (χ0v) is 14.4. The lowest BCUT2D eigenvalue weighted by molar-refractivity contribution is -0.134. The molecule has 0 saturated carbocycles. The number of carbonyl (C=O) groups is 1. The van der Waals surface area contributed by atoms with Crippen LogP contribution in [-0.2, 0) is 11.3 Å². The van der Waals surface area contributed by atoms with Gasteiger partial charge in [0, 0.05) is 24.2 Å². The normalized spacial score (nSPS) is 16.8. The molecule has 3 aromatic heterocycles. The molecular weight excluding hydrogens is 344 g/mol. The smallest absolute Gasteiger partial charge is 0.263 e. The lowest BCUT2D eigenvalue weighted by Gasteiger charge is -2.19. The van der Waals surface area contributed by atoms with Crippen molar-refractivity contribution >= 4 is 22.6 Å². The van der Waals surface area contributed by atoms with Crippen molar-refractivity contribution in [2.75, 3.05) is 0 Å². The Balaban J connectivity index is 1.49. The van der Waals surface area contributed by atoms with E-state index in [1.54, 1.807) is 29.6 Å². The van der Waals surface area contributed by atoms with Crippen LogP contribution in [0.1, 0.15) is 24.0 Å². The molecule has 134 valence electrons. The Bertz CT molecular complexity index is 1080. The molecule has 4 heterocycles. The van der Waals surface area contributed by atoms with Gasteiger partial charge >= 0.3 is 0 Å². The molecule has 0 saturated heterocycles. The van der Waals surface area contributed by atoms with Crippen LogP contribution in [0.25, 0.3) is 11.0 Å². The summed E-state index contributed by atoms with van der Waals surface area (Å²) in [5.74, 6) is 1.23. The van der Waals surface area contributed by atoms with Crippen molar-refractivity contribution in [2.24, 2.45) is 5.10 Å². The molecule has 0 bridgehead atoms. The van der Waals surface area contributed by atoms with Crippen LogP contribution in [0.4, 0.5) is 0 Å². The number of amides is 1. The van der Waals surface area contributed by atoms with Gasteiger partial charge in [0.25, 0.3) is 5.91 Å². The van der Waals surface area contributed by atoms with Gasteiger partial charge in [0.05, 0.1) is 12.6 Å². The summed E-state index contributed by atoms with van der Waals surface area (Å²) in [5.41, 5.74) is 1.53. The first-order valence-electron chi connectivity index (χ1n) is 8.65. The third kappa shape index (κ3) is 2.83. The molecule has 4 aromatic rings. The van der Waals surface area contributed by atoms with Crippen LogP contribution in [0.5, 0.6) is 0 Å². The van der Waals surface area contributed by atoms with Crippen LogP contribution in [-0.4, -0.2) is 26.2 Å². The van der Waals surface area contributed by atoms with E-state index in [1.807, 2.05) is 42.5 Å². The first-order chi connectivity index (χ1) is 13.3. The number of nitrogens with zero attached hydrogens (tertiary/aromatic N) is 4. The van der Waals surface area contributed by atoms with Crippen molar-refractivity contribution in [1.82, 2.24) is 14.6 Å². The molecule has 1 aromatic carbocycles. The van der Waals surface area contributed by atoms with Gasteiger partial charge in [-0.05, 0) is 24.3 Å². The Morgan fingerprint density at radius 1 is 1.22 bits per heavy atom. The molecule has 5 rings (SSSR count). The summed E-state index contributed by atoms with van der Waals surface area (Å²) < 4.78 is 13.2. The Hall–Kier alpha value is -3.61. The average Bonchev–Trinajstić information content (AvgIpc) is 3.46. The van der Waals surface area contributed by atoms with Crippen molar-refractivity contribution in [3.8, 4) is 0 Å². The topological polar surface area (TPSA) is 76.8 Å². The number of carbonyl (C=O) groups excluding carboxylic acids is 1. The Morgan fingerprint density at radius 3 is 2.93 bits per heavy atom. The predicted molar refractivity (Wildman–Crippen MR) is 97.9 cm³/mol. The van der Waals surface area contributed by atoms with Crippen molar-refractivity contribution < 1.29 is 13.6 Å². The van der Waals surface area contributed by atoms with Gasteiger partial charge in [0.1, 0.15) is 29.6 Å². The first kappa shape index (κ1) is 15.6. The van der Waals surface area contributed by atoms with Gasteiger partial charge in [0.15, 0.2) is 5.76 Å². The second-order valence-corrected chi connectivity index (χ2v) is 6.40. The molecule has 0 fully saturated rings. The second-order valence-electron chi connectivity index (χ2n) is 6.40. The zero-order valence-electron chi connectivity index (χ0n) is 14.4. The third-order valence-corrected chi connectivity index (χ3v) is 4.62. The van der Waals surface area contributed by atoms with Crippen LogP contribution < -0.4 is 0 Å². The van der Waals surface area contributed by atoms with Gasteiger partial charge < -0.3 is 13.4 Å². The highest BCUT2D eigenvalue weighted by Crippen LogP contribution is 2.34. The molecule has 7 heteroatoms. The van der Waals surface area contributed by atoms with E-state index in [0.717, 1.165) is 16.7 Å². The highest BCUT2D eigenvalue weighted by atomic mass is 16.3. The van der Waals surface area contributed by atoms with Gasteiger partial charge in [-0.25, -0.2) is 9.99 Å². The summed E-state index contributed by atoms with van der Waals surface area (Å²) in [6.07, 6.45) is 7.14. The molecular formula is C20H16N4O3. The monoisotopic (exact) mass is 360 g/mol. The number of benzene rings is 1. The fraction of sp³-hybridized carbons (Fsp3) is 0.150. The summed E-state index contributed by atoms with van der Waals surface area (Å²) in [6.45, 7) is 0.161. The molecule has 1 unspecified atom stereocenters. The lowest BCUT2D eigenvalue weighted by atomic mass is 10.1. The minimum atomic E-state index is -0.292. The molecule has 27 heavy (non-hydrogen) atoms. The molecule has 7 nitrogen and oxygen atoms in total. The minimum absolute atomic E-state index is 0.138. The Labute approximate surface area is 154 Å². The second kappa shape index (κ2) is 6.28. The van der Waals surface area contributed by atoms with E-state index in [2.05, 4.69) is 10.1 Å². The van der Waals surface area contributed by atoms with E-state index in [1.165, 1.54) is 5.01 Å². The Morgan fingerprint density at radius 2 is 2.15 bits per heavy atom. The number of furan rings is 2. The number of imidazole rings is 1. The first-order valence-corrected chi connectivity index (χ1v) is 8.65. The lowest BCUT2D eigenvalue weighted by Crippen LogP contribution is -2.29. The number of hydrazone groups is 1. The van der Waals surface area contributed by atoms with Crippen molar-refractivity contribution in [3.05, 3.63) is 79.0 Å². The molecule has 0 aliphatic carbocycles. The largest absolute Gasteiger partial charge is 0.467 e. The predicted octanol–water partition coefficient (Wildman–Crippen LogP) is 3.60. The highest BCUT2D eigenvalue weighted by molar-refractivity contribution is 6.03. The fourth-order valence-corrected chi connectivity index (χ4v) is 3.32. The molecule has 1 aliphatic heterocycles. The number of aromatic nitrogens is 2. The summed E-state index contributed by atoms with van der Waals surface area (Å²) >= 11 is 0. The third-order valence-electron chi connectivity index (χ3n) is 4.62. The molecule has 1 atom stereocenters. The van der Waals surface area contributed by atoms with Crippen LogP contribution in [0.2, 0.25) is 0 Å². The van der Waals surface area contributed by atoms with Gasteiger partial charge in [0.2, 0.25) is 0 Å². The fourth-order valence-electron chi connectivity index (χ4n) is 3.32. The van der Waals surface area contributed by atoms with E-state index < -0.39 is 0 Å². The Kier molecular flexibility index (Phi) is 3.64. The maximum atomic E-state index is 12.9. The summed E-state index contributed by atoms with van der Waals surface area (Å²) in [4.78, 5) is 16.8. The van der Waals surface area contributed by atoms with Gasteiger partial charge in [-0.1, -0.05) is 18.2 Å². The summed E-state index contributed by atoms with van der Waals surface area (Å²) in [7, 11) is 0. The van der Waals surface area contributed by atoms with E-state index in [0.29, 0.717) is 17.9 Å². The molecule has 1 amide bonds. The molecule has 0 N–H and O–H groups in total. The SMILES string of the molecule is O=C(Cn1ccnc1)N1N=C(c2cc3ccccc3o2)CC1c1ccco1. The van der Waals surface area contributed by atoms with Crippen molar-refractivity contribution in [3.63, 3.8) is 0 Å². The zero-order chi connectivity index (χ0) is 18.2. The van der Waals surface area contributed by atoms with E-state index in [4.69, 9.17) is 8.83 Å². The number of hydrogen-bond donors (Lipinski definition) is 0. The minimum Gasteiger partial charge on any atom is -0.467 e. The molecule has 0 radical (unpaired) electrons. The number of rotatable bonds is 4. The quantitative estimate of drug-likeness (QED) is 0.557. The van der Waals surface area contributed by atoms with Gasteiger partial charge in [-0.15, -0.1) is 0 Å². The highest BCUT2D eigenvalue weighted by Gasteiger charge is 2.35. The maximum absolute atomic E-state index is 12.9. The van der Waals surface area contributed by atoms with Crippen LogP contribution in [0.3, 0.4) is 0 Å². The summed E-state index contributed by atoms with van der Waals surface area (Å²) in [6, 6.07) is 13.1. The summed E-state index contributed by atoms with van der Waals surface area (Å²) in [5, 5.41) is 7.08. The maximum Gasteiger partial charge on any atom is 0.263 e. The standard InChI is InChI=1S/C20H16N4O3/c25-20(12-23-8-7-21-13-23)24-16(18-6-3-9-26-18)11-15(22-24)19-10-14-4-1-2-5-17(14)27-19/h1-10,13,16H,11-12H2. The molecule has 0 spiro atoms. The van der Waals surface area contributed by atoms with Crippen molar-refractivity contribution in [1.29, 1.82) is 0 Å². The number of fused-ring (bicyclic) bond motifs is 1. The van der Waals surface area contributed by atoms with E-state index in [-0.39, 0.29) is 18.5 Å². The van der Waals surface area contributed by atoms with E-state index in [9.17, 15) is 4.79 Å².